The van der Waals surface area contributed by atoms with Crippen molar-refractivity contribution in [1.82, 2.24) is 5.32 Å². The highest BCUT2D eigenvalue weighted by Crippen LogP contribution is 2.27. The number of anilines is 1. The van der Waals surface area contributed by atoms with Gasteiger partial charge in [-0.05, 0) is 54.8 Å². The standard InChI is InChI=1S/C24H28N2O6S/c27-19(17-32-20-7-3-1-4-8-20)16-25-24(29)14-12-18-11-13-23(28)22(15-18)26-33(30,31)21-9-5-2-6-10-21/h1-11,13,15,19,24-29H,12,14,16-17H2/t19?,24-/m0/s1. The molecule has 5 N–H and O–H groups in total. The van der Waals surface area contributed by atoms with Gasteiger partial charge in [-0.25, -0.2) is 8.42 Å². The molecule has 0 saturated heterocycles. The number of para-hydroxylation sites is 1. The molecule has 3 rings (SSSR count). The lowest BCUT2D eigenvalue weighted by Gasteiger charge is -2.17. The molecule has 0 fully saturated rings. The summed E-state index contributed by atoms with van der Waals surface area (Å²) in [5.41, 5.74) is 0.791. The van der Waals surface area contributed by atoms with Crippen molar-refractivity contribution in [2.75, 3.05) is 17.9 Å². The van der Waals surface area contributed by atoms with Crippen LogP contribution in [0.1, 0.15) is 12.0 Å². The molecule has 33 heavy (non-hydrogen) atoms. The summed E-state index contributed by atoms with van der Waals surface area (Å²) in [6.07, 6.45) is -0.935. The predicted molar refractivity (Wildman–Crippen MR) is 126 cm³/mol. The third-order valence-electron chi connectivity index (χ3n) is 4.84. The van der Waals surface area contributed by atoms with Crippen LogP contribution in [0.4, 0.5) is 5.69 Å². The van der Waals surface area contributed by atoms with Crippen molar-refractivity contribution in [2.45, 2.75) is 30.1 Å². The lowest BCUT2D eigenvalue weighted by atomic mass is 10.1. The monoisotopic (exact) mass is 472 g/mol. The Labute approximate surface area is 193 Å². The zero-order chi connectivity index (χ0) is 23.7. The van der Waals surface area contributed by atoms with Crippen LogP contribution in [-0.4, -0.2) is 49.2 Å². The van der Waals surface area contributed by atoms with Crippen molar-refractivity contribution in [1.29, 1.82) is 0 Å². The Morgan fingerprint density at radius 1 is 0.909 bits per heavy atom. The third-order valence-corrected chi connectivity index (χ3v) is 6.22. The van der Waals surface area contributed by atoms with E-state index in [1.807, 2.05) is 18.2 Å². The Balaban J connectivity index is 1.48. The summed E-state index contributed by atoms with van der Waals surface area (Å²) in [6.45, 7) is 0.234. The van der Waals surface area contributed by atoms with Gasteiger partial charge in [0, 0.05) is 6.54 Å². The molecule has 0 bridgehead atoms. The van der Waals surface area contributed by atoms with E-state index in [0.29, 0.717) is 18.6 Å². The largest absolute Gasteiger partial charge is 0.506 e. The molecule has 0 amide bonds. The zero-order valence-electron chi connectivity index (χ0n) is 18.0. The lowest BCUT2D eigenvalue weighted by Crippen LogP contribution is -2.38. The van der Waals surface area contributed by atoms with Crippen LogP contribution >= 0.6 is 0 Å². The summed E-state index contributed by atoms with van der Waals surface area (Å²) >= 11 is 0. The molecule has 176 valence electrons. The van der Waals surface area contributed by atoms with Crippen molar-refractivity contribution >= 4 is 15.7 Å². The molecule has 0 aliphatic carbocycles. The van der Waals surface area contributed by atoms with Crippen LogP contribution in [0.25, 0.3) is 0 Å². The van der Waals surface area contributed by atoms with Crippen molar-refractivity contribution in [3.05, 3.63) is 84.4 Å². The summed E-state index contributed by atoms with van der Waals surface area (Å²) in [5, 5.41) is 33.1. The van der Waals surface area contributed by atoms with Gasteiger partial charge in [-0.15, -0.1) is 0 Å². The van der Waals surface area contributed by atoms with Crippen LogP contribution in [0.15, 0.2) is 83.8 Å². The summed E-state index contributed by atoms with van der Waals surface area (Å²) in [5.74, 6) is 0.460. The first kappa shape index (κ1) is 24.5. The van der Waals surface area contributed by atoms with E-state index in [1.165, 1.54) is 24.3 Å². The highest BCUT2D eigenvalue weighted by atomic mass is 32.2. The smallest absolute Gasteiger partial charge is 0.262 e. The number of phenolic OH excluding ortho intramolecular Hbond substituents is 1. The average Bonchev–Trinajstić information content (AvgIpc) is 2.83. The van der Waals surface area contributed by atoms with Crippen LogP contribution in [-0.2, 0) is 16.4 Å². The lowest BCUT2D eigenvalue weighted by molar-refractivity contribution is 0.0711. The van der Waals surface area contributed by atoms with Gasteiger partial charge in [-0.2, -0.15) is 0 Å². The molecule has 9 heteroatoms. The van der Waals surface area contributed by atoms with Gasteiger partial charge in [0.2, 0.25) is 0 Å². The van der Waals surface area contributed by atoms with Crippen LogP contribution in [0.5, 0.6) is 11.5 Å². The maximum atomic E-state index is 12.5. The molecule has 1 unspecified atom stereocenters. The zero-order valence-corrected chi connectivity index (χ0v) is 18.8. The minimum absolute atomic E-state index is 0.0623. The van der Waals surface area contributed by atoms with Gasteiger partial charge in [0.05, 0.1) is 10.6 Å². The van der Waals surface area contributed by atoms with E-state index >= 15 is 0 Å². The van der Waals surface area contributed by atoms with Gasteiger partial charge in [-0.1, -0.05) is 42.5 Å². The molecule has 3 aromatic carbocycles. The molecule has 0 aliphatic rings. The van der Waals surface area contributed by atoms with E-state index in [2.05, 4.69) is 10.0 Å². The molecule has 0 saturated carbocycles. The normalized spacial score (nSPS) is 13.3. The van der Waals surface area contributed by atoms with E-state index in [0.717, 1.165) is 5.56 Å². The molecule has 0 radical (unpaired) electrons. The fourth-order valence-electron chi connectivity index (χ4n) is 3.07. The maximum Gasteiger partial charge on any atom is 0.262 e. The first-order valence-corrected chi connectivity index (χ1v) is 12.0. The summed E-state index contributed by atoms with van der Waals surface area (Å²) in [7, 11) is -3.84. The topological polar surface area (TPSA) is 128 Å². The fourth-order valence-corrected chi connectivity index (χ4v) is 4.16. The number of hydrogen-bond acceptors (Lipinski definition) is 7. The number of aromatic hydroxyl groups is 1. The number of rotatable bonds is 12. The van der Waals surface area contributed by atoms with Gasteiger partial charge < -0.3 is 20.1 Å². The van der Waals surface area contributed by atoms with E-state index in [9.17, 15) is 23.7 Å². The maximum absolute atomic E-state index is 12.5. The molecule has 3 aromatic rings. The molecule has 0 heterocycles. The Bertz CT molecular complexity index is 1110. The molecule has 8 nitrogen and oxygen atoms in total. The first-order chi connectivity index (χ1) is 15.8. The first-order valence-electron chi connectivity index (χ1n) is 10.5. The molecule has 2 atom stereocenters. The van der Waals surface area contributed by atoms with Crippen LogP contribution in [0, 0.1) is 0 Å². The van der Waals surface area contributed by atoms with Crippen LogP contribution < -0.4 is 14.8 Å². The van der Waals surface area contributed by atoms with Gasteiger partial charge in [0.1, 0.15) is 30.4 Å². The van der Waals surface area contributed by atoms with E-state index < -0.39 is 22.4 Å². The quantitative estimate of drug-likeness (QED) is 0.202. The van der Waals surface area contributed by atoms with Crippen molar-refractivity contribution in [3.8, 4) is 11.5 Å². The van der Waals surface area contributed by atoms with Gasteiger partial charge >= 0.3 is 0 Å². The number of sulfonamides is 1. The number of benzene rings is 3. The van der Waals surface area contributed by atoms with E-state index in [-0.39, 0.29) is 29.5 Å². The molecule has 0 aromatic heterocycles. The predicted octanol–water partition coefficient (Wildman–Crippen LogP) is 2.47. The summed E-state index contributed by atoms with van der Waals surface area (Å²) in [6, 6.07) is 21.6. The Morgan fingerprint density at radius 2 is 1.58 bits per heavy atom. The van der Waals surface area contributed by atoms with Crippen LogP contribution in [0.2, 0.25) is 0 Å². The number of aliphatic hydroxyl groups excluding tert-OH is 2. The molecular weight excluding hydrogens is 444 g/mol. The molecule has 0 aliphatic heterocycles. The number of hydrogen-bond donors (Lipinski definition) is 5. The van der Waals surface area contributed by atoms with Crippen molar-refractivity contribution in [3.63, 3.8) is 0 Å². The highest BCUT2D eigenvalue weighted by Gasteiger charge is 2.16. The Kier molecular flexibility index (Phi) is 8.67. The number of aryl methyl sites for hydroxylation is 1. The average molecular weight is 473 g/mol. The Hall–Kier alpha value is -3.11. The second-order valence-electron chi connectivity index (χ2n) is 7.51. The number of nitrogens with one attached hydrogen (secondary N) is 2. The van der Waals surface area contributed by atoms with Gasteiger partial charge in [0.15, 0.2) is 0 Å². The molecule has 0 spiro atoms. The second-order valence-corrected chi connectivity index (χ2v) is 9.19. The van der Waals surface area contributed by atoms with E-state index in [4.69, 9.17) is 4.74 Å². The number of phenols is 1. The highest BCUT2D eigenvalue weighted by molar-refractivity contribution is 7.92. The minimum atomic E-state index is -3.84. The van der Waals surface area contributed by atoms with Crippen LogP contribution in [0.3, 0.4) is 0 Å². The summed E-state index contributed by atoms with van der Waals surface area (Å²) in [4.78, 5) is 0.0872. The minimum Gasteiger partial charge on any atom is -0.506 e. The van der Waals surface area contributed by atoms with Gasteiger partial charge in [0.25, 0.3) is 10.0 Å². The summed E-state index contributed by atoms with van der Waals surface area (Å²) < 4.78 is 32.9. The third kappa shape index (κ3) is 7.76. The SMILES string of the molecule is O=S(=O)(Nc1cc(CC[C@H](O)NCC(O)COc2ccccc2)ccc1O)c1ccccc1. The Morgan fingerprint density at radius 3 is 2.27 bits per heavy atom. The number of aliphatic hydroxyl groups is 2. The van der Waals surface area contributed by atoms with Gasteiger partial charge in [-0.3, -0.25) is 10.0 Å². The molecular formula is C24H28N2O6S. The van der Waals surface area contributed by atoms with Crippen molar-refractivity contribution < 1.29 is 28.5 Å². The fraction of sp³-hybridized carbons (Fsp3) is 0.250. The number of ether oxygens (including phenoxy) is 1. The van der Waals surface area contributed by atoms with Crippen molar-refractivity contribution in [2.24, 2.45) is 0 Å². The van der Waals surface area contributed by atoms with E-state index in [1.54, 1.807) is 36.4 Å². The second kappa shape index (κ2) is 11.7.